The van der Waals surface area contributed by atoms with Crippen LogP contribution >= 0.6 is 0 Å². The van der Waals surface area contributed by atoms with E-state index in [9.17, 15) is 8.42 Å². The summed E-state index contributed by atoms with van der Waals surface area (Å²) in [4.78, 5) is 6.77. The number of aromatic nitrogens is 2. The number of hydrogen-bond donors (Lipinski definition) is 1. The number of aryl methyl sites for hydroxylation is 1. The molecule has 146 valence electrons. The second kappa shape index (κ2) is 6.24. The Balaban J connectivity index is 1.65. The summed E-state index contributed by atoms with van der Waals surface area (Å²) in [6, 6.07) is 8.28. The maximum atomic E-state index is 12.7. The van der Waals surface area contributed by atoms with Gasteiger partial charge in [0.25, 0.3) is 0 Å². The van der Waals surface area contributed by atoms with E-state index < -0.39 is 10.0 Å². The summed E-state index contributed by atoms with van der Waals surface area (Å²) >= 11 is 0. The van der Waals surface area contributed by atoms with Crippen molar-refractivity contribution >= 4 is 32.4 Å². The molecule has 1 saturated carbocycles. The lowest BCUT2D eigenvalue weighted by atomic mass is 10.0. The summed E-state index contributed by atoms with van der Waals surface area (Å²) in [6.07, 6.45) is 7.23. The standard InChI is InChI=1S/C21H24N4O2S/c1-24-11-9-14-6-7-15(12-19(14)24)17-13-25(2)21-20(17)18(8-10-22-21)23-28(26,27)16-4-3-5-16/h6-8,10,12-13,16H,3-5,9,11H2,1-2H3,(H,22,23). The highest BCUT2D eigenvalue weighted by molar-refractivity contribution is 7.93. The molecule has 1 N–H and O–H groups in total. The zero-order valence-electron chi connectivity index (χ0n) is 16.1. The lowest BCUT2D eigenvalue weighted by molar-refractivity contribution is 0.480. The topological polar surface area (TPSA) is 67.2 Å². The van der Waals surface area contributed by atoms with Gasteiger partial charge in [0, 0.05) is 44.3 Å². The molecule has 1 aliphatic heterocycles. The first-order chi connectivity index (χ1) is 13.4. The van der Waals surface area contributed by atoms with Gasteiger partial charge in [-0.1, -0.05) is 18.6 Å². The number of pyridine rings is 1. The molecule has 0 radical (unpaired) electrons. The normalized spacial score (nSPS) is 17.0. The number of fused-ring (bicyclic) bond motifs is 2. The van der Waals surface area contributed by atoms with E-state index in [0.717, 1.165) is 54.4 Å². The maximum Gasteiger partial charge on any atom is 0.235 e. The van der Waals surface area contributed by atoms with Crippen LogP contribution in [0.5, 0.6) is 0 Å². The molecule has 0 amide bonds. The van der Waals surface area contributed by atoms with Crippen LogP contribution in [0, 0.1) is 0 Å². The Morgan fingerprint density at radius 1 is 1.18 bits per heavy atom. The number of likely N-dealkylation sites (N-methyl/N-ethyl adjacent to an activating group) is 1. The van der Waals surface area contributed by atoms with E-state index in [1.165, 1.54) is 11.3 Å². The van der Waals surface area contributed by atoms with E-state index in [0.29, 0.717) is 5.69 Å². The quantitative estimate of drug-likeness (QED) is 0.733. The molecule has 1 aliphatic carbocycles. The van der Waals surface area contributed by atoms with Gasteiger partial charge in [-0.25, -0.2) is 13.4 Å². The molecule has 2 aliphatic rings. The van der Waals surface area contributed by atoms with Crippen LogP contribution in [0.25, 0.3) is 22.2 Å². The summed E-state index contributed by atoms with van der Waals surface area (Å²) in [6.45, 7) is 1.03. The first-order valence-corrected chi connectivity index (χ1v) is 11.3. The van der Waals surface area contributed by atoms with E-state index in [1.807, 2.05) is 17.8 Å². The van der Waals surface area contributed by atoms with Gasteiger partial charge in [0.1, 0.15) is 5.65 Å². The Morgan fingerprint density at radius 3 is 2.75 bits per heavy atom. The Morgan fingerprint density at radius 2 is 2.00 bits per heavy atom. The van der Waals surface area contributed by atoms with Crippen LogP contribution in [0.4, 0.5) is 11.4 Å². The first-order valence-electron chi connectivity index (χ1n) is 9.74. The van der Waals surface area contributed by atoms with Gasteiger partial charge in [-0.2, -0.15) is 0 Å². The van der Waals surface area contributed by atoms with Crippen LogP contribution in [0.2, 0.25) is 0 Å². The highest BCUT2D eigenvalue weighted by Gasteiger charge is 2.32. The van der Waals surface area contributed by atoms with Gasteiger partial charge in [-0.05, 0) is 42.5 Å². The molecular weight excluding hydrogens is 372 g/mol. The average molecular weight is 397 g/mol. The number of rotatable bonds is 4. The Labute approximate surface area is 165 Å². The molecule has 3 heterocycles. The molecule has 0 spiro atoms. The minimum absolute atomic E-state index is 0.281. The molecule has 6 nitrogen and oxygen atoms in total. The summed E-state index contributed by atoms with van der Waals surface area (Å²) in [7, 11) is 0.685. The fourth-order valence-corrected chi connectivity index (χ4v) is 5.83. The minimum Gasteiger partial charge on any atom is -0.374 e. The fourth-order valence-electron chi connectivity index (χ4n) is 4.23. The van der Waals surface area contributed by atoms with Crippen molar-refractivity contribution in [2.24, 2.45) is 7.05 Å². The van der Waals surface area contributed by atoms with Crippen LogP contribution < -0.4 is 9.62 Å². The van der Waals surface area contributed by atoms with Crippen LogP contribution in [0.3, 0.4) is 0 Å². The Bertz CT molecular complexity index is 1180. The summed E-state index contributed by atoms with van der Waals surface area (Å²) in [5, 5.41) is 0.574. The van der Waals surface area contributed by atoms with Gasteiger partial charge < -0.3 is 9.47 Å². The molecule has 1 fully saturated rings. The van der Waals surface area contributed by atoms with E-state index in [1.54, 1.807) is 12.3 Å². The highest BCUT2D eigenvalue weighted by atomic mass is 32.2. The van der Waals surface area contributed by atoms with Crippen molar-refractivity contribution in [1.29, 1.82) is 0 Å². The van der Waals surface area contributed by atoms with Crippen molar-refractivity contribution in [3.8, 4) is 11.1 Å². The third kappa shape index (κ3) is 2.68. The molecule has 1 aromatic carbocycles. The van der Waals surface area contributed by atoms with E-state index in [4.69, 9.17) is 0 Å². The summed E-state index contributed by atoms with van der Waals surface area (Å²) in [5.74, 6) is 0. The number of sulfonamides is 1. The lowest BCUT2D eigenvalue weighted by Gasteiger charge is -2.25. The van der Waals surface area contributed by atoms with Crippen LogP contribution in [-0.4, -0.2) is 36.8 Å². The maximum absolute atomic E-state index is 12.7. The van der Waals surface area contributed by atoms with E-state index >= 15 is 0 Å². The number of benzene rings is 1. The molecule has 28 heavy (non-hydrogen) atoms. The van der Waals surface area contributed by atoms with Crippen LogP contribution in [-0.2, 0) is 23.5 Å². The van der Waals surface area contributed by atoms with Crippen molar-refractivity contribution < 1.29 is 8.42 Å². The second-order valence-corrected chi connectivity index (χ2v) is 9.89. The van der Waals surface area contributed by atoms with Gasteiger partial charge in [0.2, 0.25) is 10.0 Å². The molecule has 0 bridgehead atoms. The average Bonchev–Trinajstić information content (AvgIpc) is 3.14. The van der Waals surface area contributed by atoms with E-state index in [2.05, 4.69) is 39.9 Å². The Hall–Kier alpha value is -2.54. The van der Waals surface area contributed by atoms with Gasteiger partial charge in [0.15, 0.2) is 0 Å². The van der Waals surface area contributed by atoms with Gasteiger partial charge in [-0.15, -0.1) is 0 Å². The van der Waals surface area contributed by atoms with Crippen molar-refractivity contribution in [1.82, 2.24) is 9.55 Å². The molecule has 7 heteroatoms. The van der Waals surface area contributed by atoms with Crippen LogP contribution in [0.15, 0.2) is 36.7 Å². The molecule has 0 atom stereocenters. The number of anilines is 2. The fraction of sp³-hybridized carbons (Fsp3) is 0.381. The largest absolute Gasteiger partial charge is 0.374 e. The van der Waals surface area contributed by atoms with Crippen molar-refractivity contribution in [2.45, 2.75) is 30.9 Å². The SMILES string of the molecule is CN1CCc2ccc(-c3cn(C)c4nccc(NS(=O)(=O)C5CCC5)c34)cc21. The van der Waals surface area contributed by atoms with Crippen molar-refractivity contribution in [2.75, 3.05) is 23.2 Å². The second-order valence-electron chi connectivity index (χ2n) is 7.93. The highest BCUT2D eigenvalue weighted by Crippen LogP contribution is 2.39. The zero-order valence-corrected chi connectivity index (χ0v) is 17.0. The van der Waals surface area contributed by atoms with Gasteiger partial charge >= 0.3 is 0 Å². The lowest BCUT2D eigenvalue weighted by Crippen LogP contribution is -2.33. The monoisotopic (exact) mass is 396 g/mol. The third-order valence-electron chi connectivity index (χ3n) is 6.12. The number of nitrogens with zero attached hydrogens (tertiary/aromatic N) is 3. The molecule has 5 rings (SSSR count). The van der Waals surface area contributed by atoms with Crippen LogP contribution in [0.1, 0.15) is 24.8 Å². The zero-order chi connectivity index (χ0) is 19.5. The van der Waals surface area contributed by atoms with Gasteiger partial charge in [0.05, 0.1) is 16.3 Å². The molecule has 0 unspecified atom stereocenters. The van der Waals surface area contributed by atoms with Crippen molar-refractivity contribution in [3.05, 3.63) is 42.2 Å². The predicted octanol–water partition coefficient (Wildman–Crippen LogP) is 3.53. The van der Waals surface area contributed by atoms with Crippen molar-refractivity contribution in [3.63, 3.8) is 0 Å². The van der Waals surface area contributed by atoms with Gasteiger partial charge in [-0.3, -0.25) is 4.72 Å². The summed E-state index contributed by atoms with van der Waals surface area (Å²) in [5.41, 5.74) is 6.07. The number of nitrogens with one attached hydrogen (secondary N) is 1. The molecular formula is C21H24N4O2S. The minimum atomic E-state index is -3.37. The molecule has 2 aromatic heterocycles. The van der Waals surface area contributed by atoms with E-state index in [-0.39, 0.29) is 5.25 Å². The molecule has 3 aromatic rings. The third-order valence-corrected chi connectivity index (χ3v) is 7.98. The smallest absolute Gasteiger partial charge is 0.235 e. The number of hydrogen-bond acceptors (Lipinski definition) is 4. The summed E-state index contributed by atoms with van der Waals surface area (Å²) < 4.78 is 30.3. The first kappa shape index (κ1) is 17.6. The Kier molecular flexibility index (Phi) is 3.91. The predicted molar refractivity (Wildman–Crippen MR) is 113 cm³/mol. The molecule has 0 saturated heterocycles.